The van der Waals surface area contributed by atoms with Crippen molar-refractivity contribution < 1.29 is 14.5 Å². The van der Waals surface area contributed by atoms with E-state index in [0.29, 0.717) is 16.7 Å². The maximum Gasteiger partial charge on any atom is 0.286 e. The van der Waals surface area contributed by atoms with E-state index in [1.54, 1.807) is 12.1 Å². The number of hydrogen-bond donors (Lipinski definition) is 0. The highest BCUT2D eigenvalue weighted by atomic mass is 32.2. The lowest BCUT2D eigenvalue weighted by molar-refractivity contribution is -0.384. The number of aliphatic imine (C=N–C) groups is 1. The quantitative estimate of drug-likeness (QED) is 0.399. The number of carbonyl (C=O) groups excluding carboxylic acids is 1. The number of hydrogen-bond acceptors (Lipinski definition) is 7. The first-order valence-corrected chi connectivity index (χ1v) is 10.9. The van der Waals surface area contributed by atoms with E-state index in [-0.39, 0.29) is 11.6 Å². The number of benzene rings is 2. The van der Waals surface area contributed by atoms with Crippen molar-refractivity contribution in [2.75, 3.05) is 37.7 Å². The molecule has 0 aromatic heterocycles. The third kappa shape index (κ3) is 4.72. The summed E-state index contributed by atoms with van der Waals surface area (Å²) in [7, 11) is 0. The molecular weight excluding hydrogens is 416 g/mol. The van der Waals surface area contributed by atoms with Crippen LogP contribution in [0.15, 0.2) is 58.4 Å². The number of non-ortho nitro benzene ring substituents is 1. The fourth-order valence-electron chi connectivity index (χ4n) is 3.50. The summed E-state index contributed by atoms with van der Waals surface area (Å²) < 4.78 is 5.64. The molecule has 0 radical (unpaired) electrons. The number of amides is 1. The van der Waals surface area contributed by atoms with E-state index in [2.05, 4.69) is 14.8 Å². The number of amidine groups is 1. The van der Waals surface area contributed by atoms with E-state index in [1.165, 1.54) is 23.9 Å². The van der Waals surface area contributed by atoms with Crippen LogP contribution in [0.25, 0.3) is 6.08 Å². The third-order valence-electron chi connectivity index (χ3n) is 5.09. The number of piperazine rings is 1. The summed E-state index contributed by atoms with van der Waals surface area (Å²) in [6, 6.07) is 14.2. The average Bonchev–Trinajstić information content (AvgIpc) is 3.15. The largest absolute Gasteiger partial charge is 0.493 e. The van der Waals surface area contributed by atoms with E-state index < -0.39 is 4.92 Å². The Morgan fingerprint density at radius 1 is 1.10 bits per heavy atom. The second-order valence-corrected chi connectivity index (χ2v) is 8.04. The van der Waals surface area contributed by atoms with Gasteiger partial charge >= 0.3 is 0 Å². The lowest BCUT2D eigenvalue weighted by Gasteiger charge is -2.36. The number of rotatable bonds is 5. The molecule has 2 aromatic rings. The van der Waals surface area contributed by atoms with Gasteiger partial charge in [0.15, 0.2) is 5.17 Å². The number of anilines is 1. The van der Waals surface area contributed by atoms with Crippen molar-refractivity contribution in [3.05, 3.63) is 69.1 Å². The summed E-state index contributed by atoms with van der Waals surface area (Å²) in [5, 5.41) is 11.5. The number of nitro benzene ring substituents is 1. The Labute approximate surface area is 184 Å². The molecule has 1 saturated heterocycles. The molecule has 0 spiro atoms. The highest BCUT2D eigenvalue weighted by molar-refractivity contribution is 8.18. The molecule has 2 aromatic carbocycles. The van der Waals surface area contributed by atoms with Crippen molar-refractivity contribution in [2.45, 2.75) is 6.92 Å². The van der Waals surface area contributed by atoms with Crippen LogP contribution in [0.5, 0.6) is 5.75 Å². The number of thioether (sulfide) groups is 1. The van der Waals surface area contributed by atoms with Crippen molar-refractivity contribution >= 4 is 40.3 Å². The molecule has 160 valence electrons. The van der Waals surface area contributed by atoms with Crippen molar-refractivity contribution in [3.63, 3.8) is 0 Å². The molecule has 0 bridgehead atoms. The molecule has 0 unspecified atom stereocenters. The van der Waals surface area contributed by atoms with E-state index in [1.807, 2.05) is 37.3 Å². The Kier molecular flexibility index (Phi) is 6.22. The molecule has 31 heavy (non-hydrogen) atoms. The van der Waals surface area contributed by atoms with E-state index in [9.17, 15) is 14.9 Å². The highest BCUT2D eigenvalue weighted by Crippen LogP contribution is 2.33. The summed E-state index contributed by atoms with van der Waals surface area (Å²) in [6.45, 7) is 5.42. The van der Waals surface area contributed by atoms with Gasteiger partial charge in [-0.25, -0.2) is 0 Å². The van der Waals surface area contributed by atoms with E-state index in [4.69, 9.17) is 4.74 Å². The average molecular weight is 439 g/mol. The smallest absolute Gasteiger partial charge is 0.286 e. The zero-order valence-corrected chi connectivity index (χ0v) is 17.9. The summed E-state index contributed by atoms with van der Waals surface area (Å²) in [4.78, 5) is 32.0. The lowest BCUT2D eigenvalue weighted by Crippen LogP contribution is -2.47. The molecule has 0 aliphatic carbocycles. The minimum absolute atomic E-state index is 0.0860. The Balaban J connectivity index is 1.39. The van der Waals surface area contributed by atoms with E-state index >= 15 is 0 Å². The highest BCUT2D eigenvalue weighted by Gasteiger charge is 2.29. The first-order valence-electron chi connectivity index (χ1n) is 10.0. The molecule has 9 heteroatoms. The van der Waals surface area contributed by atoms with Crippen LogP contribution in [0.2, 0.25) is 0 Å². The van der Waals surface area contributed by atoms with Gasteiger partial charge in [0.25, 0.3) is 11.6 Å². The molecule has 4 rings (SSSR count). The van der Waals surface area contributed by atoms with E-state index in [0.717, 1.165) is 43.2 Å². The molecule has 1 fully saturated rings. The second-order valence-electron chi connectivity index (χ2n) is 7.03. The summed E-state index contributed by atoms with van der Waals surface area (Å²) in [6.07, 6.45) is 1.83. The maximum atomic E-state index is 12.5. The predicted octanol–water partition coefficient (Wildman–Crippen LogP) is 3.79. The van der Waals surface area contributed by atoms with Gasteiger partial charge < -0.3 is 14.5 Å². The SMILES string of the molecule is CCOc1ccccc1/C=C1\SC(N2CCN(c3ccc([N+](=O)[O-])cc3)CC2)=NC1=O. The summed E-state index contributed by atoms with van der Waals surface area (Å²) in [5.41, 5.74) is 1.90. The van der Waals surface area contributed by atoms with Gasteiger partial charge in [0, 0.05) is 49.6 Å². The number of para-hydroxylation sites is 1. The van der Waals surface area contributed by atoms with Crippen LogP contribution >= 0.6 is 11.8 Å². The minimum Gasteiger partial charge on any atom is -0.493 e. The molecule has 8 nitrogen and oxygen atoms in total. The topological polar surface area (TPSA) is 88.3 Å². The molecule has 2 aliphatic heterocycles. The number of ether oxygens (including phenoxy) is 1. The zero-order valence-electron chi connectivity index (χ0n) is 17.1. The standard InChI is InChI=1S/C22H22N4O4S/c1-2-30-19-6-4-3-5-16(19)15-20-21(27)23-22(31-20)25-13-11-24(12-14-25)17-7-9-18(10-8-17)26(28)29/h3-10,15H,2,11-14H2,1H3/b20-15-. The van der Waals surface area contributed by atoms with Crippen LogP contribution in [-0.2, 0) is 4.79 Å². The number of nitrogens with zero attached hydrogens (tertiary/aromatic N) is 4. The molecule has 0 N–H and O–H groups in total. The number of nitro groups is 1. The van der Waals surface area contributed by atoms with Gasteiger partial charge in [0.05, 0.1) is 16.4 Å². The molecule has 0 atom stereocenters. The Hall–Kier alpha value is -3.33. The van der Waals surface area contributed by atoms with Gasteiger partial charge in [-0.05, 0) is 43.0 Å². The van der Waals surface area contributed by atoms with Crippen molar-refractivity contribution in [2.24, 2.45) is 4.99 Å². The Morgan fingerprint density at radius 2 is 1.77 bits per heavy atom. The van der Waals surface area contributed by atoms with Gasteiger partial charge in [0.2, 0.25) is 0 Å². The van der Waals surface area contributed by atoms with Crippen molar-refractivity contribution in [3.8, 4) is 5.75 Å². The lowest BCUT2D eigenvalue weighted by atomic mass is 10.2. The van der Waals surface area contributed by atoms with Crippen LogP contribution in [0.3, 0.4) is 0 Å². The van der Waals surface area contributed by atoms with Crippen LogP contribution in [0, 0.1) is 10.1 Å². The molecule has 0 saturated carbocycles. The van der Waals surface area contributed by atoms with Gasteiger partial charge in [-0.2, -0.15) is 4.99 Å². The van der Waals surface area contributed by atoms with Gasteiger partial charge in [-0.3, -0.25) is 14.9 Å². The Morgan fingerprint density at radius 3 is 2.45 bits per heavy atom. The minimum atomic E-state index is -0.397. The van der Waals surface area contributed by atoms with Crippen LogP contribution in [-0.4, -0.2) is 53.7 Å². The van der Waals surface area contributed by atoms with Crippen LogP contribution in [0.1, 0.15) is 12.5 Å². The molecule has 1 amide bonds. The third-order valence-corrected chi connectivity index (χ3v) is 6.13. The van der Waals surface area contributed by atoms with Crippen molar-refractivity contribution in [1.29, 1.82) is 0 Å². The molecular formula is C22H22N4O4S. The summed E-state index contributed by atoms with van der Waals surface area (Å²) >= 11 is 1.39. The van der Waals surface area contributed by atoms with Crippen molar-refractivity contribution in [1.82, 2.24) is 4.90 Å². The maximum absolute atomic E-state index is 12.5. The van der Waals surface area contributed by atoms with Crippen LogP contribution in [0.4, 0.5) is 11.4 Å². The first kappa shape index (κ1) is 20.9. The fourth-order valence-corrected chi connectivity index (χ4v) is 4.46. The fraction of sp³-hybridized carbons (Fsp3) is 0.273. The normalized spacial score (nSPS) is 17.8. The van der Waals surface area contributed by atoms with Gasteiger partial charge in [0.1, 0.15) is 5.75 Å². The molecule has 2 aliphatic rings. The predicted molar refractivity (Wildman–Crippen MR) is 123 cm³/mol. The number of carbonyl (C=O) groups is 1. The second kappa shape index (κ2) is 9.22. The van der Waals surface area contributed by atoms with Gasteiger partial charge in [-0.1, -0.05) is 18.2 Å². The van der Waals surface area contributed by atoms with Gasteiger partial charge in [-0.15, -0.1) is 0 Å². The summed E-state index contributed by atoms with van der Waals surface area (Å²) in [5.74, 6) is 0.514. The van der Waals surface area contributed by atoms with Crippen LogP contribution < -0.4 is 9.64 Å². The first-order chi connectivity index (χ1) is 15.0. The Bertz CT molecular complexity index is 1040. The molecule has 2 heterocycles. The zero-order chi connectivity index (χ0) is 21.8. The monoisotopic (exact) mass is 438 g/mol.